The topological polar surface area (TPSA) is 104 Å². The molecular formula is C9H10N4O2. The fourth-order valence-electron chi connectivity index (χ4n) is 0.755. The summed E-state index contributed by atoms with van der Waals surface area (Å²) in [6, 6.07) is 0. The van der Waals surface area contributed by atoms with Gasteiger partial charge in [0.2, 0.25) is 0 Å². The SMILES string of the molecule is CCOC(=O)C#Cc1cnc(N)c(N)n1. The first kappa shape index (κ1) is 10.8. The Bertz CT molecular complexity index is 433. The van der Waals surface area contributed by atoms with Crippen molar-refractivity contribution in [2.75, 3.05) is 18.1 Å². The molecule has 0 atom stereocenters. The van der Waals surface area contributed by atoms with E-state index in [1.54, 1.807) is 6.92 Å². The minimum absolute atomic E-state index is 0.0886. The Balaban J connectivity index is 2.80. The zero-order valence-electron chi connectivity index (χ0n) is 8.15. The van der Waals surface area contributed by atoms with Gasteiger partial charge in [-0.25, -0.2) is 14.8 Å². The molecule has 0 radical (unpaired) electrons. The van der Waals surface area contributed by atoms with E-state index >= 15 is 0 Å². The molecule has 0 aromatic carbocycles. The van der Waals surface area contributed by atoms with Gasteiger partial charge in [0.05, 0.1) is 12.8 Å². The second kappa shape index (κ2) is 4.81. The lowest BCUT2D eigenvalue weighted by Gasteiger charge is -1.96. The maximum atomic E-state index is 10.9. The van der Waals surface area contributed by atoms with Crippen LogP contribution in [0.2, 0.25) is 0 Å². The third kappa shape index (κ3) is 3.15. The van der Waals surface area contributed by atoms with Crippen LogP contribution in [0.4, 0.5) is 11.6 Å². The van der Waals surface area contributed by atoms with Gasteiger partial charge in [-0.05, 0) is 12.8 Å². The monoisotopic (exact) mass is 206 g/mol. The van der Waals surface area contributed by atoms with Crippen LogP contribution in [0.3, 0.4) is 0 Å². The smallest absolute Gasteiger partial charge is 0.384 e. The number of anilines is 2. The number of carbonyl (C=O) groups excluding carboxylic acids is 1. The zero-order valence-corrected chi connectivity index (χ0v) is 8.15. The maximum Gasteiger partial charge on any atom is 0.384 e. The van der Waals surface area contributed by atoms with E-state index in [-0.39, 0.29) is 23.9 Å². The number of nitrogen functional groups attached to an aromatic ring is 2. The van der Waals surface area contributed by atoms with Crippen LogP contribution in [-0.2, 0) is 9.53 Å². The number of esters is 1. The van der Waals surface area contributed by atoms with Gasteiger partial charge < -0.3 is 16.2 Å². The summed E-state index contributed by atoms with van der Waals surface area (Å²) in [5.41, 5.74) is 11.0. The van der Waals surface area contributed by atoms with Gasteiger partial charge in [0.1, 0.15) is 5.69 Å². The zero-order chi connectivity index (χ0) is 11.3. The molecule has 0 aliphatic rings. The minimum Gasteiger partial charge on any atom is -0.456 e. The van der Waals surface area contributed by atoms with E-state index in [2.05, 4.69) is 26.5 Å². The van der Waals surface area contributed by atoms with Crippen LogP contribution >= 0.6 is 0 Å². The fourth-order valence-corrected chi connectivity index (χ4v) is 0.755. The number of rotatable bonds is 1. The summed E-state index contributed by atoms with van der Waals surface area (Å²) in [5, 5.41) is 0. The van der Waals surface area contributed by atoms with Gasteiger partial charge in [-0.15, -0.1) is 0 Å². The molecule has 0 fully saturated rings. The number of hydrogen-bond acceptors (Lipinski definition) is 6. The highest BCUT2D eigenvalue weighted by molar-refractivity contribution is 5.89. The normalized spacial score (nSPS) is 8.87. The maximum absolute atomic E-state index is 10.9. The van der Waals surface area contributed by atoms with Crippen molar-refractivity contribution in [3.05, 3.63) is 11.9 Å². The van der Waals surface area contributed by atoms with Gasteiger partial charge in [0.25, 0.3) is 0 Å². The van der Waals surface area contributed by atoms with Crippen molar-refractivity contribution < 1.29 is 9.53 Å². The van der Waals surface area contributed by atoms with E-state index in [1.165, 1.54) is 6.20 Å². The van der Waals surface area contributed by atoms with E-state index in [9.17, 15) is 4.79 Å². The van der Waals surface area contributed by atoms with Crippen LogP contribution in [0.15, 0.2) is 6.20 Å². The fraction of sp³-hybridized carbons (Fsp3) is 0.222. The molecule has 1 aromatic heterocycles. The standard InChI is InChI=1S/C9H10N4O2/c1-2-15-7(14)4-3-6-5-12-8(10)9(11)13-6/h5H,2H2,1H3,(H2,10,12)(H2,11,13). The second-order valence-corrected chi connectivity index (χ2v) is 2.50. The third-order valence-electron chi connectivity index (χ3n) is 1.40. The molecule has 0 saturated carbocycles. The number of carbonyl (C=O) groups is 1. The van der Waals surface area contributed by atoms with E-state index in [1.807, 2.05) is 0 Å². The van der Waals surface area contributed by atoms with E-state index < -0.39 is 5.97 Å². The molecule has 4 N–H and O–H groups in total. The van der Waals surface area contributed by atoms with Gasteiger partial charge in [-0.2, -0.15) is 0 Å². The molecule has 0 aliphatic heterocycles. The lowest BCUT2D eigenvalue weighted by atomic mass is 10.4. The molecule has 0 spiro atoms. The summed E-state index contributed by atoms with van der Waals surface area (Å²) < 4.78 is 4.60. The Kier molecular flexibility index (Phi) is 3.46. The van der Waals surface area contributed by atoms with Crippen LogP contribution in [0.25, 0.3) is 0 Å². The van der Waals surface area contributed by atoms with Crippen LogP contribution < -0.4 is 11.5 Å². The highest BCUT2D eigenvalue weighted by atomic mass is 16.5. The van der Waals surface area contributed by atoms with Crippen molar-refractivity contribution in [1.82, 2.24) is 9.97 Å². The van der Waals surface area contributed by atoms with Crippen molar-refractivity contribution >= 4 is 17.6 Å². The first-order valence-electron chi connectivity index (χ1n) is 4.20. The lowest BCUT2D eigenvalue weighted by molar-refractivity contribution is -0.136. The molecular weight excluding hydrogens is 196 g/mol. The lowest BCUT2D eigenvalue weighted by Crippen LogP contribution is -2.03. The Labute approximate surface area is 86.6 Å². The molecule has 0 bridgehead atoms. The highest BCUT2D eigenvalue weighted by Gasteiger charge is 1.98. The molecule has 6 nitrogen and oxygen atoms in total. The molecule has 6 heteroatoms. The van der Waals surface area contributed by atoms with Crippen molar-refractivity contribution in [1.29, 1.82) is 0 Å². The largest absolute Gasteiger partial charge is 0.456 e. The van der Waals surface area contributed by atoms with Crippen LogP contribution in [0.5, 0.6) is 0 Å². The van der Waals surface area contributed by atoms with Crippen molar-refractivity contribution in [2.24, 2.45) is 0 Å². The second-order valence-electron chi connectivity index (χ2n) is 2.50. The van der Waals surface area contributed by atoms with Gasteiger partial charge in [0, 0.05) is 5.92 Å². The van der Waals surface area contributed by atoms with Crippen LogP contribution in [-0.4, -0.2) is 22.5 Å². The average Bonchev–Trinajstić information content (AvgIpc) is 2.20. The van der Waals surface area contributed by atoms with Gasteiger partial charge in [-0.1, -0.05) is 0 Å². The van der Waals surface area contributed by atoms with Gasteiger partial charge in [-0.3, -0.25) is 0 Å². The summed E-state index contributed by atoms with van der Waals surface area (Å²) in [4.78, 5) is 18.4. The number of aromatic nitrogens is 2. The Morgan fingerprint density at radius 3 is 2.87 bits per heavy atom. The van der Waals surface area contributed by atoms with Crippen molar-refractivity contribution in [3.8, 4) is 11.8 Å². The first-order chi connectivity index (χ1) is 7.13. The van der Waals surface area contributed by atoms with E-state index in [0.717, 1.165) is 0 Å². The quantitative estimate of drug-likeness (QED) is 0.476. The molecule has 0 amide bonds. The first-order valence-corrected chi connectivity index (χ1v) is 4.20. The van der Waals surface area contributed by atoms with Gasteiger partial charge in [0.15, 0.2) is 11.6 Å². The molecule has 15 heavy (non-hydrogen) atoms. The molecule has 78 valence electrons. The highest BCUT2D eigenvalue weighted by Crippen LogP contribution is 2.05. The predicted molar refractivity (Wildman–Crippen MR) is 54.4 cm³/mol. The molecule has 0 unspecified atom stereocenters. The minimum atomic E-state index is -0.616. The van der Waals surface area contributed by atoms with Crippen LogP contribution in [0.1, 0.15) is 12.6 Å². The number of nitrogens with zero attached hydrogens (tertiary/aromatic N) is 2. The number of ether oxygens (including phenoxy) is 1. The summed E-state index contributed by atoms with van der Waals surface area (Å²) in [6.45, 7) is 1.98. The van der Waals surface area contributed by atoms with E-state index in [4.69, 9.17) is 11.5 Å². The van der Waals surface area contributed by atoms with Crippen molar-refractivity contribution in [3.63, 3.8) is 0 Å². The molecule has 0 aliphatic carbocycles. The average molecular weight is 206 g/mol. The summed E-state index contributed by atoms with van der Waals surface area (Å²) in [7, 11) is 0. The Morgan fingerprint density at radius 2 is 2.27 bits per heavy atom. The number of hydrogen-bond donors (Lipinski definition) is 2. The molecule has 0 saturated heterocycles. The summed E-state index contributed by atoms with van der Waals surface area (Å²) in [5.74, 6) is 4.31. The number of nitrogens with two attached hydrogens (primary N) is 2. The van der Waals surface area contributed by atoms with Crippen LogP contribution in [0, 0.1) is 11.8 Å². The van der Waals surface area contributed by atoms with Gasteiger partial charge >= 0.3 is 5.97 Å². The summed E-state index contributed by atoms with van der Waals surface area (Å²) >= 11 is 0. The molecule has 1 rings (SSSR count). The third-order valence-corrected chi connectivity index (χ3v) is 1.40. The molecule has 1 aromatic rings. The predicted octanol–water partition coefficient (Wildman–Crippen LogP) is -0.444. The molecule has 1 heterocycles. The Morgan fingerprint density at radius 1 is 1.53 bits per heavy atom. The summed E-state index contributed by atoms with van der Waals surface area (Å²) in [6.07, 6.45) is 1.33. The van der Waals surface area contributed by atoms with E-state index in [0.29, 0.717) is 0 Å². The van der Waals surface area contributed by atoms with Crippen molar-refractivity contribution in [2.45, 2.75) is 6.92 Å². The Hall–Kier alpha value is -2.29.